The lowest BCUT2D eigenvalue weighted by molar-refractivity contribution is -0.201. The van der Waals surface area contributed by atoms with Crippen LogP contribution >= 0.6 is 0 Å². The lowest BCUT2D eigenvalue weighted by Crippen LogP contribution is -2.52. The van der Waals surface area contributed by atoms with Crippen LogP contribution in [-0.4, -0.2) is 39.3 Å². The first-order chi connectivity index (χ1) is 22.5. The summed E-state index contributed by atoms with van der Waals surface area (Å²) in [7, 11) is 3.26. The van der Waals surface area contributed by atoms with Gasteiger partial charge in [0.2, 0.25) is 0 Å². The van der Waals surface area contributed by atoms with E-state index in [-0.39, 0.29) is 13.4 Å². The molecule has 5 heteroatoms. The van der Waals surface area contributed by atoms with Crippen LogP contribution in [0, 0.1) is 11.8 Å². The SMILES string of the molecule is C=C=C(C)CC[C@@](COC(c1ccccc1)(c1ccccc1)c1ccccc1)(OCc1ccc(OC)cc1)[C@H](C#CC)OCOC. The van der Waals surface area contributed by atoms with E-state index >= 15 is 0 Å². The summed E-state index contributed by atoms with van der Waals surface area (Å²) in [5.74, 6) is 7.14. The Kier molecular flexibility index (Phi) is 13.0. The zero-order valence-electron chi connectivity index (χ0n) is 27.3. The van der Waals surface area contributed by atoms with E-state index in [1.807, 2.05) is 85.8 Å². The van der Waals surface area contributed by atoms with E-state index in [1.165, 1.54) is 0 Å². The van der Waals surface area contributed by atoms with Crippen molar-refractivity contribution in [3.8, 4) is 17.6 Å². The quantitative estimate of drug-likeness (QED) is 0.0515. The molecule has 4 aromatic carbocycles. The molecule has 0 radical (unpaired) electrons. The van der Waals surface area contributed by atoms with Gasteiger partial charge < -0.3 is 23.7 Å². The van der Waals surface area contributed by atoms with Gasteiger partial charge >= 0.3 is 0 Å². The maximum Gasteiger partial charge on any atom is 0.152 e. The molecule has 4 rings (SSSR count). The number of ether oxygens (including phenoxy) is 5. The fourth-order valence-electron chi connectivity index (χ4n) is 5.50. The Morgan fingerprint density at radius 2 is 1.30 bits per heavy atom. The molecular formula is C41H44O5. The average molecular weight is 617 g/mol. The second kappa shape index (κ2) is 17.3. The molecule has 0 heterocycles. The minimum atomic E-state index is -1.02. The van der Waals surface area contributed by atoms with Gasteiger partial charge in [0.15, 0.2) is 6.10 Å². The summed E-state index contributed by atoms with van der Waals surface area (Å²) in [6.07, 6.45) is 0.519. The van der Waals surface area contributed by atoms with Gasteiger partial charge in [0.25, 0.3) is 0 Å². The van der Waals surface area contributed by atoms with E-state index in [1.54, 1.807) is 21.1 Å². The van der Waals surface area contributed by atoms with Crippen molar-refractivity contribution in [2.75, 3.05) is 27.6 Å². The van der Waals surface area contributed by atoms with E-state index in [9.17, 15) is 0 Å². The first-order valence-corrected chi connectivity index (χ1v) is 15.5. The Labute approximate surface area is 274 Å². The third-order valence-corrected chi connectivity index (χ3v) is 8.09. The predicted molar refractivity (Wildman–Crippen MR) is 183 cm³/mol. The van der Waals surface area contributed by atoms with Crippen molar-refractivity contribution < 1.29 is 23.7 Å². The molecule has 0 aromatic heterocycles. The van der Waals surface area contributed by atoms with Crippen molar-refractivity contribution in [1.29, 1.82) is 0 Å². The molecular weight excluding hydrogens is 572 g/mol. The van der Waals surface area contributed by atoms with E-state index in [0.29, 0.717) is 19.4 Å². The first kappa shape index (κ1) is 34.5. The third kappa shape index (κ3) is 8.44. The molecule has 0 N–H and O–H groups in total. The Morgan fingerprint density at radius 3 is 1.76 bits per heavy atom. The summed E-state index contributed by atoms with van der Waals surface area (Å²) < 4.78 is 31.4. The highest BCUT2D eigenvalue weighted by molar-refractivity contribution is 5.47. The second-order valence-corrected chi connectivity index (χ2v) is 11.1. The third-order valence-electron chi connectivity index (χ3n) is 8.09. The lowest BCUT2D eigenvalue weighted by atomic mass is 9.79. The van der Waals surface area contributed by atoms with Gasteiger partial charge in [-0.05, 0) is 66.6 Å². The van der Waals surface area contributed by atoms with E-state index in [0.717, 1.165) is 33.6 Å². The van der Waals surface area contributed by atoms with Crippen LogP contribution in [0.25, 0.3) is 0 Å². The van der Waals surface area contributed by atoms with Crippen molar-refractivity contribution in [3.63, 3.8) is 0 Å². The van der Waals surface area contributed by atoms with E-state index < -0.39 is 17.3 Å². The summed E-state index contributed by atoms with van der Waals surface area (Å²) >= 11 is 0. The van der Waals surface area contributed by atoms with Crippen molar-refractivity contribution >= 4 is 0 Å². The molecule has 0 saturated carbocycles. The smallest absolute Gasteiger partial charge is 0.152 e. The molecule has 0 fully saturated rings. The Morgan fingerprint density at radius 1 is 0.761 bits per heavy atom. The standard InChI is InChI=1S/C41H44O5/c1-6-17-39(44-32-42-4)40(29-28-33(3)7-2,45-30-34-24-26-38(43-5)27-25-34)31-46-41(35-18-11-8-12-19-35,36-20-13-9-14-21-36)37-22-15-10-16-23-37/h8-16,18-27,39H,2,28-32H2,1,3-5H3/t39-,40-/m0/s1. The second-order valence-electron chi connectivity index (χ2n) is 11.1. The molecule has 0 unspecified atom stereocenters. The number of rotatable bonds is 17. The highest BCUT2D eigenvalue weighted by atomic mass is 16.7. The van der Waals surface area contributed by atoms with Crippen LogP contribution in [0.3, 0.4) is 0 Å². The molecule has 0 aliphatic rings. The van der Waals surface area contributed by atoms with Crippen molar-refractivity contribution in [2.45, 2.75) is 50.6 Å². The molecule has 0 spiro atoms. The maximum atomic E-state index is 7.37. The number of hydrogen-bond acceptors (Lipinski definition) is 5. The van der Waals surface area contributed by atoms with Gasteiger partial charge in [-0.3, -0.25) is 0 Å². The van der Waals surface area contributed by atoms with Crippen LogP contribution in [0.2, 0.25) is 0 Å². The molecule has 0 bridgehead atoms. The van der Waals surface area contributed by atoms with Crippen LogP contribution in [0.15, 0.2) is 133 Å². The van der Waals surface area contributed by atoms with Gasteiger partial charge in [0.05, 0.1) is 20.3 Å². The zero-order chi connectivity index (χ0) is 32.7. The Bertz CT molecular complexity index is 1490. The Hall–Kier alpha value is -4.40. The monoisotopic (exact) mass is 616 g/mol. The molecule has 2 atom stereocenters. The Balaban J connectivity index is 1.89. The van der Waals surface area contributed by atoms with Gasteiger partial charge in [-0.1, -0.05) is 116 Å². The summed E-state index contributed by atoms with van der Waals surface area (Å²) in [5, 5.41) is 0. The molecule has 4 aromatic rings. The van der Waals surface area contributed by atoms with Crippen molar-refractivity contribution in [3.05, 3.63) is 155 Å². The summed E-state index contributed by atoms with van der Waals surface area (Å²) in [4.78, 5) is 0. The van der Waals surface area contributed by atoms with E-state index in [2.05, 4.69) is 60.5 Å². The first-order valence-electron chi connectivity index (χ1n) is 15.5. The average Bonchev–Trinajstić information content (AvgIpc) is 3.12. The van der Waals surface area contributed by atoms with Crippen LogP contribution in [-0.2, 0) is 31.2 Å². The maximum absolute atomic E-state index is 7.37. The summed E-state index contributed by atoms with van der Waals surface area (Å²) in [6, 6.07) is 38.8. The molecule has 0 aliphatic heterocycles. The van der Waals surface area contributed by atoms with Gasteiger partial charge in [-0.15, -0.1) is 11.7 Å². The van der Waals surface area contributed by atoms with Crippen LogP contribution in [0.5, 0.6) is 5.75 Å². The van der Waals surface area contributed by atoms with E-state index in [4.69, 9.17) is 23.7 Å². The summed E-state index contributed by atoms with van der Waals surface area (Å²) in [6.45, 7) is 8.19. The highest BCUT2D eigenvalue weighted by Crippen LogP contribution is 2.42. The molecule has 5 nitrogen and oxygen atoms in total. The van der Waals surface area contributed by atoms with Crippen molar-refractivity contribution in [2.24, 2.45) is 0 Å². The van der Waals surface area contributed by atoms with Gasteiger partial charge in [-0.2, -0.15) is 0 Å². The highest BCUT2D eigenvalue weighted by Gasteiger charge is 2.46. The normalized spacial score (nSPS) is 13.0. The fraction of sp³-hybridized carbons (Fsp3) is 0.293. The zero-order valence-corrected chi connectivity index (χ0v) is 27.3. The van der Waals surface area contributed by atoms with Crippen molar-refractivity contribution in [1.82, 2.24) is 0 Å². The minimum absolute atomic E-state index is 0.0461. The van der Waals surface area contributed by atoms with Gasteiger partial charge in [0, 0.05) is 7.11 Å². The predicted octanol–water partition coefficient (Wildman–Crippen LogP) is 8.48. The number of benzene rings is 4. The fourth-order valence-corrected chi connectivity index (χ4v) is 5.50. The molecule has 0 aliphatic carbocycles. The minimum Gasteiger partial charge on any atom is -0.497 e. The number of methoxy groups -OCH3 is 2. The topological polar surface area (TPSA) is 46.2 Å². The number of allylic oxidation sites excluding steroid dienone is 1. The molecule has 0 saturated heterocycles. The summed E-state index contributed by atoms with van der Waals surface area (Å²) in [5.41, 5.74) is 6.03. The largest absolute Gasteiger partial charge is 0.497 e. The number of hydrogen-bond donors (Lipinski definition) is 0. The molecule has 46 heavy (non-hydrogen) atoms. The van der Waals surface area contributed by atoms with Crippen LogP contribution in [0.4, 0.5) is 0 Å². The van der Waals surface area contributed by atoms with Crippen LogP contribution < -0.4 is 4.74 Å². The van der Waals surface area contributed by atoms with Gasteiger partial charge in [-0.25, -0.2) is 0 Å². The van der Waals surface area contributed by atoms with Crippen LogP contribution in [0.1, 0.15) is 48.9 Å². The lowest BCUT2D eigenvalue weighted by Gasteiger charge is -2.43. The van der Waals surface area contributed by atoms with Gasteiger partial charge in [0.1, 0.15) is 23.7 Å². The molecule has 0 amide bonds. The molecule has 238 valence electrons.